The van der Waals surface area contributed by atoms with E-state index in [1.54, 1.807) is 24.3 Å². The minimum atomic E-state index is -0.625. The number of carbonyl (C=O) groups is 3. The Kier molecular flexibility index (Phi) is 6.86. The number of benzene rings is 1. The summed E-state index contributed by atoms with van der Waals surface area (Å²) in [7, 11) is 0. The molecule has 0 bridgehead atoms. The molecule has 8 heteroatoms. The first-order valence-corrected chi connectivity index (χ1v) is 9.65. The van der Waals surface area contributed by atoms with Gasteiger partial charge in [-0.2, -0.15) is 0 Å². The second kappa shape index (κ2) is 9.54. The van der Waals surface area contributed by atoms with Crippen LogP contribution in [0.4, 0.5) is 0 Å². The highest BCUT2D eigenvalue weighted by Gasteiger charge is 2.31. The maximum Gasteiger partial charge on any atom is 0.338 e. The number of ether oxygens (including phenoxy) is 3. The van der Waals surface area contributed by atoms with Crippen LogP contribution in [0.3, 0.4) is 0 Å². The third-order valence-electron chi connectivity index (χ3n) is 5.03. The number of amides is 2. The monoisotopic (exact) mass is 390 g/mol. The van der Waals surface area contributed by atoms with Crippen LogP contribution in [0.2, 0.25) is 0 Å². The molecule has 0 aromatic heterocycles. The first-order chi connectivity index (χ1) is 13.5. The van der Waals surface area contributed by atoms with Crippen LogP contribution in [0.5, 0.6) is 5.75 Å². The molecule has 152 valence electrons. The van der Waals surface area contributed by atoms with Crippen LogP contribution >= 0.6 is 0 Å². The molecule has 2 aliphatic rings. The zero-order valence-electron chi connectivity index (χ0n) is 15.8. The standard InChI is InChI=1S/C20H26N2O6/c21-19(24)17-5-1-2-10-22(17)18(23)13-28-20(25)14-6-8-15(9-7-14)27-12-16-4-3-11-26-16/h6-9,16-17H,1-5,10-13H2,(H2,21,24)/t16-,17-/m0/s1. The molecular weight excluding hydrogens is 364 g/mol. The summed E-state index contributed by atoms with van der Waals surface area (Å²) in [6.07, 6.45) is 4.36. The van der Waals surface area contributed by atoms with Gasteiger partial charge in [-0.15, -0.1) is 0 Å². The number of hydrogen-bond donors (Lipinski definition) is 1. The van der Waals surface area contributed by atoms with Crippen molar-refractivity contribution in [1.82, 2.24) is 4.90 Å². The fourth-order valence-corrected chi connectivity index (χ4v) is 3.47. The normalized spacial score (nSPS) is 21.9. The SMILES string of the molecule is NC(=O)[C@@H]1CCCCN1C(=O)COC(=O)c1ccc(OC[C@@H]2CCCO2)cc1. The highest BCUT2D eigenvalue weighted by molar-refractivity contribution is 5.92. The average Bonchev–Trinajstić information content (AvgIpc) is 3.24. The van der Waals surface area contributed by atoms with Crippen LogP contribution in [-0.2, 0) is 19.1 Å². The van der Waals surface area contributed by atoms with Gasteiger partial charge >= 0.3 is 5.97 Å². The number of hydrogen-bond acceptors (Lipinski definition) is 6. The molecule has 3 rings (SSSR count). The second-order valence-corrected chi connectivity index (χ2v) is 7.05. The molecule has 28 heavy (non-hydrogen) atoms. The van der Waals surface area contributed by atoms with E-state index in [4.69, 9.17) is 19.9 Å². The van der Waals surface area contributed by atoms with Crippen LogP contribution in [-0.4, -0.2) is 61.2 Å². The van der Waals surface area contributed by atoms with E-state index in [1.165, 1.54) is 4.90 Å². The van der Waals surface area contributed by atoms with Gasteiger partial charge in [0.25, 0.3) is 5.91 Å². The molecule has 2 amide bonds. The highest BCUT2D eigenvalue weighted by Crippen LogP contribution is 2.18. The summed E-state index contributed by atoms with van der Waals surface area (Å²) in [5.41, 5.74) is 5.68. The van der Waals surface area contributed by atoms with Crippen LogP contribution in [0.15, 0.2) is 24.3 Å². The molecule has 2 fully saturated rings. The van der Waals surface area contributed by atoms with Crippen molar-refractivity contribution < 1.29 is 28.6 Å². The van der Waals surface area contributed by atoms with Gasteiger partial charge in [0.2, 0.25) is 5.91 Å². The molecule has 0 radical (unpaired) electrons. The Bertz CT molecular complexity index is 699. The number of rotatable bonds is 7. The molecule has 2 atom stereocenters. The molecular formula is C20H26N2O6. The molecule has 0 unspecified atom stereocenters. The number of likely N-dealkylation sites (tertiary alicyclic amines) is 1. The van der Waals surface area contributed by atoms with Gasteiger partial charge in [-0.25, -0.2) is 4.79 Å². The Labute approximate surface area is 163 Å². The third kappa shape index (κ3) is 5.22. The first kappa shape index (κ1) is 20.1. The van der Waals surface area contributed by atoms with Crippen molar-refractivity contribution in [3.63, 3.8) is 0 Å². The largest absolute Gasteiger partial charge is 0.491 e. The molecule has 8 nitrogen and oxygen atoms in total. The lowest BCUT2D eigenvalue weighted by molar-refractivity contribution is -0.143. The van der Waals surface area contributed by atoms with E-state index in [1.807, 2.05) is 0 Å². The van der Waals surface area contributed by atoms with Gasteiger partial charge in [0.05, 0.1) is 11.7 Å². The molecule has 0 aliphatic carbocycles. The van der Waals surface area contributed by atoms with E-state index in [9.17, 15) is 14.4 Å². The van der Waals surface area contributed by atoms with Crippen molar-refractivity contribution in [3.8, 4) is 5.75 Å². The molecule has 1 aromatic rings. The molecule has 1 aromatic carbocycles. The number of primary amides is 1. The Balaban J connectivity index is 1.47. The predicted molar refractivity (Wildman–Crippen MR) is 99.7 cm³/mol. The molecule has 2 heterocycles. The third-order valence-corrected chi connectivity index (χ3v) is 5.03. The predicted octanol–water partition coefficient (Wildman–Crippen LogP) is 1.27. The van der Waals surface area contributed by atoms with E-state index >= 15 is 0 Å². The number of nitrogens with two attached hydrogens (primary N) is 1. The fraction of sp³-hybridized carbons (Fsp3) is 0.550. The average molecular weight is 390 g/mol. The van der Waals surface area contributed by atoms with Gasteiger partial charge in [0.15, 0.2) is 6.61 Å². The van der Waals surface area contributed by atoms with Gasteiger partial charge in [-0.05, 0) is 56.4 Å². The van der Waals surface area contributed by atoms with Crippen molar-refractivity contribution in [3.05, 3.63) is 29.8 Å². The van der Waals surface area contributed by atoms with E-state index in [0.29, 0.717) is 30.9 Å². The van der Waals surface area contributed by atoms with Gasteiger partial charge in [0.1, 0.15) is 18.4 Å². The number of carbonyl (C=O) groups excluding carboxylic acids is 3. The lowest BCUT2D eigenvalue weighted by Crippen LogP contribution is -2.51. The zero-order valence-corrected chi connectivity index (χ0v) is 15.8. The van der Waals surface area contributed by atoms with Crippen LogP contribution in [0, 0.1) is 0 Å². The Hall–Kier alpha value is -2.61. The van der Waals surface area contributed by atoms with Crippen molar-refractivity contribution in [2.75, 3.05) is 26.4 Å². The molecule has 2 saturated heterocycles. The smallest absolute Gasteiger partial charge is 0.338 e. The van der Waals surface area contributed by atoms with Crippen LogP contribution in [0.1, 0.15) is 42.5 Å². The summed E-state index contributed by atoms with van der Waals surface area (Å²) < 4.78 is 16.3. The van der Waals surface area contributed by atoms with Crippen molar-refractivity contribution in [2.45, 2.75) is 44.2 Å². The van der Waals surface area contributed by atoms with Gasteiger partial charge in [-0.1, -0.05) is 0 Å². The van der Waals surface area contributed by atoms with Gasteiger partial charge in [0, 0.05) is 13.2 Å². The molecule has 2 aliphatic heterocycles. The maximum atomic E-state index is 12.3. The summed E-state index contributed by atoms with van der Waals surface area (Å²) in [4.78, 5) is 37.4. The van der Waals surface area contributed by atoms with Crippen LogP contribution < -0.4 is 10.5 Å². The lowest BCUT2D eigenvalue weighted by atomic mass is 10.0. The Morgan fingerprint density at radius 2 is 1.89 bits per heavy atom. The minimum Gasteiger partial charge on any atom is -0.491 e. The summed E-state index contributed by atoms with van der Waals surface area (Å²) in [5.74, 6) is -0.904. The van der Waals surface area contributed by atoms with Crippen molar-refractivity contribution in [1.29, 1.82) is 0 Å². The maximum absolute atomic E-state index is 12.3. The lowest BCUT2D eigenvalue weighted by Gasteiger charge is -2.33. The van der Waals surface area contributed by atoms with E-state index in [0.717, 1.165) is 32.3 Å². The topological polar surface area (TPSA) is 108 Å². The van der Waals surface area contributed by atoms with E-state index < -0.39 is 30.4 Å². The second-order valence-electron chi connectivity index (χ2n) is 7.05. The number of piperidine rings is 1. The summed E-state index contributed by atoms with van der Waals surface area (Å²) in [6.45, 7) is 1.28. The Morgan fingerprint density at radius 1 is 1.11 bits per heavy atom. The van der Waals surface area contributed by atoms with Crippen LogP contribution in [0.25, 0.3) is 0 Å². The fourth-order valence-electron chi connectivity index (χ4n) is 3.47. The molecule has 0 saturated carbocycles. The highest BCUT2D eigenvalue weighted by atomic mass is 16.5. The minimum absolute atomic E-state index is 0.120. The summed E-state index contributed by atoms with van der Waals surface area (Å²) in [5, 5.41) is 0. The first-order valence-electron chi connectivity index (χ1n) is 9.65. The van der Waals surface area contributed by atoms with Crippen molar-refractivity contribution >= 4 is 17.8 Å². The van der Waals surface area contributed by atoms with E-state index in [2.05, 4.69) is 0 Å². The van der Waals surface area contributed by atoms with E-state index in [-0.39, 0.29) is 6.10 Å². The number of nitrogens with zero attached hydrogens (tertiary/aromatic N) is 1. The van der Waals surface area contributed by atoms with Gasteiger partial charge in [-0.3, -0.25) is 9.59 Å². The number of esters is 1. The molecule has 2 N–H and O–H groups in total. The summed E-state index contributed by atoms with van der Waals surface area (Å²) >= 11 is 0. The quantitative estimate of drug-likeness (QED) is 0.703. The molecule has 0 spiro atoms. The summed E-state index contributed by atoms with van der Waals surface area (Å²) in [6, 6.07) is 5.91. The van der Waals surface area contributed by atoms with Crippen molar-refractivity contribution in [2.24, 2.45) is 5.73 Å². The zero-order chi connectivity index (χ0) is 19.9. The van der Waals surface area contributed by atoms with Gasteiger partial charge < -0.3 is 24.8 Å². The Morgan fingerprint density at radius 3 is 2.57 bits per heavy atom.